The van der Waals surface area contributed by atoms with Crippen LogP contribution in [-0.2, 0) is 9.53 Å². The molecule has 1 aliphatic heterocycles. The van der Waals surface area contributed by atoms with Gasteiger partial charge in [0.25, 0.3) is 5.56 Å². The maximum Gasteiger partial charge on any atom is 0.338 e. The Morgan fingerprint density at radius 1 is 1.00 bits per heavy atom. The molecule has 8 nitrogen and oxygen atoms in total. The van der Waals surface area contributed by atoms with E-state index in [2.05, 4.69) is 56.5 Å². The SMILES string of the molecule is CCOC(=O)C1=C(C)N=c2s/c(=C/c3cc(C)n(-c4ccc(C)c(C)c4)c3C)c(=O)n2[C@H]1c1cc(OC)ccc1OC. The summed E-state index contributed by atoms with van der Waals surface area (Å²) in [7, 11) is 3.12. The van der Waals surface area contributed by atoms with E-state index < -0.39 is 12.0 Å². The number of carbonyl (C=O) groups is 1. The summed E-state index contributed by atoms with van der Waals surface area (Å²) in [6, 6.07) is 13.0. The first-order valence-corrected chi connectivity index (χ1v) is 14.6. The lowest BCUT2D eigenvalue weighted by atomic mass is 9.94. The lowest BCUT2D eigenvalue weighted by Crippen LogP contribution is -2.40. The molecule has 0 radical (unpaired) electrons. The van der Waals surface area contributed by atoms with Gasteiger partial charge < -0.3 is 18.8 Å². The zero-order chi connectivity index (χ0) is 30.3. The highest BCUT2D eigenvalue weighted by atomic mass is 32.1. The first-order valence-electron chi connectivity index (χ1n) is 13.8. The number of ether oxygens (including phenoxy) is 3. The number of benzene rings is 2. The van der Waals surface area contributed by atoms with E-state index in [4.69, 9.17) is 19.2 Å². The van der Waals surface area contributed by atoms with Crippen molar-refractivity contribution >= 4 is 23.4 Å². The first kappa shape index (κ1) is 29.1. The molecule has 1 atom stereocenters. The van der Waals surface area contributed by atoms with Crippen molar-refractivity contribution in [3.63, 3.8) is 0 Å². The number of rotatable bonds is 7. The second kappa shape index (κ2) is 11.5. The third-order valence-electron chi connectivity index (χ3n) is 7.75. The number of nitrogens with zero attached hydrogens (tertiary/aromatic N) is 3. The summed E-state index contributed by atoms with van der Waals surface area (Å²) >= 11 is 1.29. The second-order valence-electron chi connectivity index (χ2n) is 10.3. The topological polar surface area (TPSA) is 84.1 Å². The van der Waals surface area contributed by atoms with Crippen LogP contribution in [0.4, 0.5) is 0 Å². The molecule has 4 aromatic rings. The van der Waals surface area contributed by atoms with Crippen LogP contribution in [0.3, 0.4) is 0 Å². The fourth-order valence-electron chi connectivity index (χ4n) is 5.48. The van der Waals surface area contributed by atoms with Crippen molar-refractivity contribution in [3.8, 4) is 17.2 Å². The number of allylic oxidation sites excluding steroid dienone is 1. The Hall–Kier alpha value is -4.37. The predicted molar refractivity (Wildman–Crippen MR) is 165 cm³/mol. The van der Waals surface area contributed by atoms with Gasteiger partial charge in [0.2, 0.25) is 0 Å². The molecule has 3 heterocycles. The molecule has 0 bridgehead atoms. The Kier molecular flexibility index (Phi) is 7.97. The Morgan fingerprint density at radius 2 is 1.76 bits per heavy atom. The molecule has 0 fully saturated rings. The molecule has 1 aliphatic rings. The van der Waals surface area contributed by atoms with Gasteiger partial charge in [0.15, 0.2) is 4.80 Å². The van der Waals surface area contributed by atoms with Crippen LogP contribution in [0.15, 0.2) is 63.5 Å². The van der Waals surface area contributed by atoms with Gasteiger partial charge >= 0.3 is 5.97 Å². The van der Waals surface area contributed by atoms with Gasteiger partial charge in [0.1, 0.15) is 17.5 Å². The molecule has 0 saturated heterocycles. The molecule has 0 N–H and O–H groups in total. The van der Waals surface area contributed by atoms with E-state index in [-0.39, 0.29) is 17.7 Å². The van der Waals surface area contributed by atoms with E-state index in [0.29, 0.717) is 32.1 Å². The van der Waals surface area contributed by atoms with E-state index in [0.717, 1.165) is 22.6 Å². The third-order valence-corrected chi connectivity index (χ3v) is 8.74. The molecule has 218 valence electrons. The monoisotopic (exact) mass is 585 g/mol. The van der Waals surface area contributed by atoms with Crippen molar-refractivity contribution in [1.29, 1.82) is 0 Å². The lowest BCUT2D eigenvalue weighted by Gasteiger charge is -2.26. The van der Waals surface area contributed by atoms with Crippen LogP contribution >= 0.6 is 11.3 Å². The third kappa shape index (κ3) is 4.98. The van der Waals surface area contributed by atoms with Gasteiger partial charge in [-0.2, -0.15) is 0 Å². The Balaban J connectivity index is 1.73. The molecule has 9 heteroatoms. The molecule has 0 saturated carbocycles. The molecule has 2 aromatic heterocycles. The van der Waals surface area contributed by atoms with Crippen LogP contribution in [-0.4, -0.2) is 35.9 Å². The number of methoxy groups -OCH3 is 2. The van der Waals surface area contributed by atoms with Crippen molar-refractivity contribution < 1.29 is 19.0 Å². The van der Waals surface area contributed by atoms with Gasteiger partial charge in [-0.05, 0) is 101 Å². The normalized spacial score (nSPS) is 15.0. The van der Waals surface area contributed by atoms with Crippen LogP contribution in [0, 0.1) is 27.7 Å². The summed E-state index contributed by atoms with van der Waals surface area (Å²) in [4.78, 5) is 32.7. The van der Waals surface area contributed by atoms with E-state index in [1.165, 1.54) is 22.5 Å². The van der Waals surface area contributed by atoms with Gasteiger partial charge in [-0.1, -0.05) is 17.4 Å². The maximum atomic E-state index is 14.2. The van der Waals surface area contributed by atoms with Crippen LogP contribution in [0.2, 0.25) is 0 Å². The quantitative estimate of drug-likeness (QED) is 0.290. The van der Waals surface area contributed by atoms with Crippen molar-refractivity contribution in [2.45, 2.75) is 47.6 Å². The highest BCUT2D eigenvalue weighted by Gasteiger charge is 2.35. The van der Waals surface area contributed by atoms with Crippen LogP contribution in [0.1, 0.15) is 53.5 Å². The fraction of sp³-hybridized carbons (Fsp3) is 0.303. The average Bonchev–Trinajstić information content (AvgIpc) is 3.42. The van der Waals surface area contributed by atoms with E-state index in [1.54, 1.807) is 50.8 Å². The van der Waals surface area contributed by atoms with Gasteiger partial charge in [0, 0.05) is 22.6 Å². The van der Waals surface area contributed by atoms with Crippen molar-refractivity contribution in [3.05, 3.63) is 107 Å². The number of esters is 1. The summed E-state index contributed by atoms with van der Waals surface area (Å²) in [5.41, 5.74) is 7.69. The van der Waals surface area contributed by atoms with Gasteiger partial charge in [0.05, 0.1) is 36.6 Å². The summed E-state index contributed by atoms with van der Waals surface area (Å²) in [5, 5.41) is 0. The number of thiazole rings is 1. The molecule has 5 rings (SSSR count). The second-order valence-corrected chi connectivity index (χ2v) is 11.3. The summed E-state index contributed by atoms with van der Waals surface area (Å²) in [5.74, 6) is 0.563. The zero-order valence-corrected chi connectivity index (χ0v) is 26.0. The minimum absolute atomic E-state index is 0.193. The van der Waals surface area contributed by atoms with Gasteiger partial charge in [-0.25, -0.2) is 9.79 Å². The minimum Gasteiger partial charge on any atom is -0.497 e. The highest BCUT2D eigenvalue weighted by molar-refractivity contribution is 7.07. The fourth-order valence-corrected chi connectivity index (χ4v) is 6.51. The smallest absolute Gasteiger partial charge is 0.338 e. The van der Waals surface area contributed by atoms with E-state index >= 15 is 0 Å². The molecule has 0 amide bonds. The standard InChI is InChI=1S/C33H35N3O5S/c1-9-41-32(38)29-21(5)34-33-36(30(29)26-17-25(39-7)12-13-27(26)40-8)31(37)28(42-33)16-23-15-20(4)35(22(23)6)24-11-10-18(2)19(3)14-24/h10-17,30H,9H2,1-8H3/b28-16+/t30-/m0/s1. The van der Waals surface area contributed by atoms with Crippen molar-refractivity contribution in [2.75, 3.05) is 20.8 Å². The zero-order valence-electron chi connectivity index (χ0n) is 25.2. The van der Waals surface area contributed by atoms with Crippen LogP contribution in [0.25, 0.3) is 11.8 Å². The lowest BCUT2D eigenvalue weighted by molar-refractivity contribution is -0.139. The van der Waals surface area contributed by atoms with Gasteiger partial charge in [-0.15, -0.1) is 0 Å². The van der Waals surface area contributed by atoms with E-state index in [1.807, 2.05) is 6.08 Å². The molecule has 0 spiro atoms. The number of aryl methyl sites for hydroxylation is 3. The molecule has 0 aliphatic carbocycles. The van der Waals surface area contributed by atoms with Crippen molar-refractivity contribution in [1.82, 2.24) is 9.13 Å². The molecule has 42 heavy (non-hydrogen) atoms. The number of aromatic nitrogens is 2. The Labute approximate surface area is 248 Å². The predicted octanol–water partition coefficient (Wildman–Crippen LogP) is 4.84. The minimum atomic E-state index is -0.810. The number of carbonyl (C=O) groups excluding carboxylic acids is 1. The number of fused-ring (bicyclic) bond motifs is 1. The Morgan fingerprint density at radius 3 is 2.43 bits per heavy atom. The number of hydrogen-bond acceptors (Lipinski definition) is 7. The molecular weight excluding hydrogens is 550 g/mol. The summed E-state index contributed by atoms with van der Waals surface area (Å²) in [6.45, 7) is 12.0. The van der Waals surface area contributed by atoms with E-state index in [9.17, 15) is 9.59 Å². The molecule has 2 aromatic carbocycles. The molecule has 0 unspecified atom stereocenters. The summed E-state index contributed by atoms with van der Waals surface area (Å²) in [6.07, 6.45) is 1.91. The van der Waals surface area contributed by atoms with Crippen molar-refractivity contribution in [2.24, 2.45) is 4.99 Å². The van der Waals surface area contributed by atoms with Crippen LogP contribution < -0.4 is 24.4 Å². The largest absolute Gasteiger partial charge is 0.497 e. The van der Waals surface area contributed by atoms with Gasteiger partial charge in [-0.3, -0.25) is 9.36 Å². The summed E-state index contributed by atoms with van der Waals surface area (Å²) < 4.78 is 20.9. The first-order chi connectivity index (χ1) is 20.1. The number of hydrogen-bond donors (Lipinski definition) is 0. The maximum absolute atomic E-state index is 14.2. The molecular formula is C33H35N3O5S. The average molecular weight is 586 g/mol. The van der Waals surface area contributed by atoms with Crippen LogP contribution in [0.5, 0.6) is 11.5 Å². The Bertz CT molecular complexity index is 1930. The highest BCUT2D eigenvalue weighted by Crippen LogP contribution is 2.38.